The fraction of sp³-hybridized carbons (Fsp3) is 0.600. The number of hydrogen-bond donors (Lipinski definition) is 1. The molecule has 0 saturated carbocycles. The van der Waals surface area contributed by atoms with Gasteiger partial charge in [-0.15, -0.1) is 0 Å². The van der Waals surface area contributed by atoms with Crippen LogP contribution in [0.15, 0.2) is 35.5 Å². The minimum absolute atomic E-state index is 0.197. The molecule has 26 heavy (non-hydrogen) atoms. The molecule has 3 rings (SSSR count). The van der Waals surface area contributed by atoms with E-state index in [-0.39, 0.29) is 11.7 Å². The van der Waals surface area contributed by atoms with Gasteiger partial charge < -0.3 is 19.3 Å². The maximum Gasteiger partial charge on any atom is 0.341 e. The lowest BCUT2D eigenvalue weighted by Gasteiger charge is -2.30. The molecule has 0 aromatic carbocycles. The van der Waals surface area contributed by atoms with Crippen LogP contribution >= 0.6 is 0 Å². The fourth-order valence-electron chi connectivity index (χ4n) is 3.55. The van der Waals surface area contributed by atoms with Crippen molar-refractivity contribution in [3.63, 3.8) is 0 Å². The van der Waals surface area contributed by atoms with Crippen molar-refractivity contribution in [2.75, 3.05) is 0 Å². The summed E-state index contributed by atoms with van der Waals surface area (Å²) in [7, 11) is 0. The molecule has 0 radical (unpaired) electrons. The molecule has 6 atom stereocenters. The van der Waals surface area contributed by atoms with Crippen molar-refractivity contribution in [1.82, 2.24) is 0 Å². The van der Waals surface area contributed by atoms with Gasteiger partial charge in [-0.25, -0.2) is 9.59 Å². The smallest absolute Gasteiger partial charge is 0.341 e. The van der Waals surface area contributed by atoms with Gasteiger partial charge in [0, 0.05) is 5.57 Å². The van der Waals surface area contributed by atoms with Gasteiger partial charge in [-0.2, -0.15) is 0 Å². The van der Waals surface area contributed by atoms with E-state index in [1.165, 1.54) is 0 Å². The number of ether oxygens (including phenoxy) is 3. The molecule has 6 nitrogen and oxygen atoms in total. The molecular formula is C20H26O6. The van der Waals surface area contributed by atoms with Crippen LogP contribution in [0.5, 0.6) is 0 Å². The normalized spacial score (nSPS) is 44.1. The third-order valence-electron chi connectivity index (χ3n) is 5.62. The molecule has 6 heteroatoms. The van der Waals surface area contributed by atoms with Crippen molar-refractivity contribution in [2.24, 2.45) is 5.92 Å². The average molecular weight is 362 g/mol. The molecule has 142 valence electrons. The summed E-state index contributed by atoms with van der Waals surface area (Å²) in [6, 6.07) is 0. The van der Waals surface area contributed by atoms with Crippen molar-refractivity contribution in [2.45, 2.75) is 70.6 Å². The lowest BCUT2D eigenvalue weighted by Crippen LogP contribution is -2.43. The third kappa shape index (κ3) is 3.23. The summed E-state index contributed by atoms with van der Waals surface area (Å²) < 4.78 is 16.4. The maximum absolute atomic E-state index is 12.5. The van der Waals surface area contributed by atoms with Crippen molar-refractivity contribution in [1.29, 1.82) is 0 Å². The van der Waals surface area contributed by atoms with Crippen molar-refractivity contribution < 1.29 is 28.9 Å². The van der Waals surface area contributed by atoms with Gasteiger partial charge in [0.25, 0.3) is 0 Å². The summed E-state index contributed by atoms with van der Waals surface area (Å²) in [4.78, 5) is 24.5. The molecule has 2 saturated heterocycles. The molecular weight excluding hydrogens is 336 g/mol. The van der Waals surface area contributed by atoms with Crippen molar-refractivity contribution in [3.8, 4) is 0 Å². The van der Waals surface area contributed by atoms with E-state index in [1.807, 2.05) is 26.0 Å². The standard InChI is InChI=1S/C20H26O6/c1-10-7-6-8-11(2)17(25-19(23)20(5)13(4)26-20)16(21)15-12(3)18(22)24-14(15)9-10/h8-9,13-17,21H,3,6-7H2,1-2,4-5H3/b10-9-,11-8-. The number of hydrogen-bond acceptors (Lipinski definition) is 6. The van der Waals surface area contributed by atoms with Crippen LogP contribution in [0.25, 0.3) is 0 Å². The summed E-state index contributed by atoms with van der Waals surface area (Å²) in [6.45, 7) is 11.0. The number of aliphatic hydroxyl groups excluding tert-OH is 1. The van der Waals surface area contributed by atoms with E-state index >= 15 is 0 Å². The lowest BCUT2D eigenvalue weighted by atomic mass is 9.84. The number of aliphatic hydroxyl groups is 1. The van der Waals surface area contributed by atoms with E-state index in [1.54, 1.807) is 13.8 Å². The van der Waals surface area contributed by atoms with Crippen molar-refractivity contribution in [3.05, 3.63) is 35.5 Å². The van der Waals surface area contributed by atoms with Crippen LogP contribution in [0.2, 0.25) is 0 Å². The Kier molecular flexibility index (Phi) is 4.84. The molecule has 0 amide bonds. The third-order valence-corrected chi connectivity index (χ3v) is 5.62. The summed E-state index contributed by atoms with van der Waals surface area (Å²) in [5.74, 6) is -1.71. The number of allylic oxidation sites excluding steroid dienone is 2. The predicted octanol–water partition coefficient (Wildman–Crippen LogP) is 2.22. The molecule has 2 fully saturated rings. The molecule has 0 aromatic heterocycles. The van der Waals surface area contributed by atoms with Crippen LogP contribution in [0.3, 0.4) is 0 Å². The SMILES string of the molecule is C=C1C(=O)OC2/C=C(/C)CC/C=C(/C)C(OC(=O)C3(C)OC3C)C(O)C12. The Morgan fingerprint density at radius 2 is 2.08 bits per heavy atom. The minimum atomic E-state index is -1.14. The molecule has 6 unspecified atom stereocenters. The van der Waals surface area contributed by atoms with Crippen LogP contribution in [-0.4, -0.2) is 47.1 Å². The van der Waals surface area contributed by atoms with E-state index in [4.69, 9.17) is 14.2 Å². The van der Waals surface area contributed by atoms with Gasteiger partial charge in [-0.05, 0) is 52.2 Å². The van der Waals surface area contributed by atoms with Gasteiger partial charge in [0.1, 0.15) is 18.3 Å². The maximum atomic E-state index is 12.5. The van der Waals surface area contributed by atoms with Gasteiger partial charge in [0.05, 0.1) is 12.0 Å². The van der Waals surface area contributed by atoms with Gasteiger partial charge in [0.2, 0.25) is 0 Å². The second kappa shape index (κ2) is 6.67. The quantitative estimate of drug-likeness (QED) is 0.351. The van der Waals surface area contributed by atoms with Gasteiger partial charge in [-0.1, -0.05) is 18.2 Å². The van der Waals surface area contributed by atoms with E-state index in [2.05, 4.69) is 6.58 Å². The minimum Gasteiger partial charge on any atom is -0.454 e. The summed E-state index contributed by atoms with van der Waals surface area (Å²) in [5.41, 5.74) is 1.03. The number of carbonyl (C=O) groups is 2. The fourth-order valence-corrected chi connectivity index (χ4v) is 3.55. The predicted molar refractivity (Wildman–Crippen MR) is 94.1 cm³/mol. The van der Waals surface area contributed by atoms with Gasteiger partial charge in [-0.3, -0.25) is 0 Å². The summed E-state index contributed by atoms with van der Waals surface area (Å²) >= 11 is 0. The molecule has 2 heterocycles. The summed E-state index contributed by atoms with van der Waals surface area (Å²) in [6.07, 6.45) is 2.48. The highest BCUT2D eigenvalue weighted by molar-refractivity contribution is 5.91. The highest BCUT2D eigenvalue weighted by Gasteiger charge is 2.58. The second-order valence-corrected chi connectivity index (χ2v) is 7.60. The van der Waals surface area contributed by atoms with E-state index in [0.717, 1.165) is 24.0 Å². The number of esters is 2. The first-order valence-electron chi connectivity index (χ1n) is 8.96. The van der Waals surface area contributed by atoms with Gasteiger partial charge in [0.15, 0.2) is 5.60 Å². The lowest BCUT2D eigenvalue weighted by molar-refractivity contribution is -0.160. The Hall–Kier alpha value is -1.92. The number of carbonyl (C=O) groups excluding carboxylic acids is 2. The second-order valence-electron chi connectivity index (χ2n) is 7.60. The monoisotopic (exact) mass is 362 g/mol. The Labute approximate surface area is 153 Å². The Balaban J connectivity index is 1.91. The zero-order valence-electron chi connectivity index (χ0n) is 15.7. The molecule has 2 aliphatic heterocycles. The first kappa shape index (κ1) is 18.9. The van der Waals surface area contributed by atoms with Crippen molar-refractivity contribution >= 4 is 11.9 Å². The highest BCUT2D eigenvalue weighted by Crippen LogP contribution is 2.39. The molecule has 0 bridgehead atoms. The van der Waals surface area contributed by atoms with Crippen LogP contribution < -0.4 is 0 Å². The van der Waals surface area contributed by atoms with Crippen LogP contribution in [0, 0.1) is 5.92 Å². The van der Waals surface area contributed by atoms with Gasteiger partial charge >= 0.3 is 11.9 Å². The zero-order chi connectivity index (χ0) is 19.2. The highest BCUT2D eigenvalue weighted by atomic mass is 16.7. The number of fused-ring (bicyclic) bond motifs is 1. The topological polar surface area (TPSA) is 85.4 Å². The number of rotatable bonds is 2. The van der Waals surface area contributed by atoms with E-state index < -0.39 is 41.8 Å². The Morgan fingerprint density at radius 1 is 1.42 bits per heavy atom. The largest absolute Gasteiger partial charge is 0.454 e. The Bertz CT molecular complexity index is 705. The molecule has 1 N–H and O–H groups in total. The zero-order valence-corrected chi connectivity index (χ0v) is 15.7. The van der Waals surface area contributed by atoms with E-state index in [9.17, 15) is 14.7 Å². The first-order chi connectivity index (χ1) is 12.1. The number of epoxide rings is 1. The molecule has 0 spiro atoms. The summed E-state index contributed by atoms with van der Waals surface area (Å²) in [5, 5.41) is 11.0. The van der Waals surface area contributed by atoms with Crippen LogP contribution in [0.4, 0.5) is 0 Å². The van der Waals surface area contributed by atoms with E-state index in [0.29, 0.717) is 0 Å². The van der Waals surface area contributed by atoms with Crippen LogP contribution in [-0.2, 0) is 23.8 Å². The molecule has 0 aromatic rings. The first-order valence-corrected chi connectivity index (χ1v) is 8.96. The van der Waals surface area contributed by atoms with Crippen LogP contribution in [0.1, 0.15) is 40.5 Å². The molecule has 1 aliphatic carbocycles. The Morgan fingerprint density at radius 3 is 2.69 bits per heavy atom. The average Bonchev–Trinajstić information content (AvgIpc) is 3.09. The molecule has 3 aliphatic rings.